The Bertz CT molecular complexity index is 1010. The van der Waals surface area contributed by atoms with Crippen molar-refractivity contribution < 1.29 is 14.3 Å². The highest BCUT2D eigenvalue weighted by atomic mass is 32.1. The first-order valence-corrected chi connectivity index (χ1v) is 10.4. The molecular formula is C21H23N3O3S. The van der Waals surface area contributed by atoms with Gasteiger partial charge < -0.3 is 19.9 Å². The molecule has 3 aromatic rings. The molecule has 1 aliphatic rings. The SMILES string of the molecule is CCOc1ccc2cc(C(=O)NCCC(=O)N3CCc4sccc4C3)[nH]c2c1. The van der Waals surface area contributed by atoms with Crippen molar-refractivity contribution in [2.24, 2.45) is 0 Å². The Morgan fingerprint density at radius 3 is 3.04 bits per heavy atom. The van der Waals surface area contributed by atoms with Crippen LogP contribution in [0.5, 0.6) is 5.75 Å². The minimum absolute atomic E-state index is 0.0788. The summed E-state index contributed by atoms with van der Waals surface area (Å²) in [6.45, 7) is 4.28. The summed E-state index contributed by atoms with van der Waals surface area (Å²) in [5.74, 6) is 0.639. The lowest BCUT2D eigenvalue weighted by Crippen LogP contribution is -2.37. The van der Waals surface area contributed by atoms with Gasteiger partial charge in [-0.1, -0.05) is 0 Å². The molecule has 4 rings (SSSR count). The minimum Gasteiger partial charge on any atom is -0.494 e. The Morgan fingerprint density at radius 1 is 1.29 bits per heavy atom. The van der Waals surface area contributed by atoms with Gasteiger partial charge in [0.05, 0.1) is 6.61 Å². The van der Waals surface area contributed by atoms with E-state index in [4.69, 9.17) is 4.74 Å². The molecule has 6 nitrogen and oxygen atoms in total. The van der Waals surface area contributed by atoms with E-state index in [0.717, 1.165) is 29.6 Å². The Hall–Kier alpha value is -2.80. The molecule has 7 heteroatoms. The molecule has 0 spiro atoms. The van der Waals surface area contributed by atoms with E-state index in [9.17, 15) is 9.59 Å². The number of H-pyrrole nitrogens is 1. The van der Waals surface area contributed by atoms with Crippen LogP contribution in [0.25, 0.3) is 10.9 Å². The highest BCUT2D eigenvalue weighted by molar-refractivity contribution is 7.10. The van der Waals surface area contributed by atoms with Gasteiger partial charge in [-0.15, -0.1) is 11.3 Å². The molecular weight excluding hydrogens is 374 g/mol. The molecule has 0 saturated heterocycles. The molecule has 2 amide bonds. The largest absolute Gasteiger partial charge is 0.494 e. The van der Waals surface area contributed by atoms with Gasteiger partial charge in [0.1, 0.15) is 11.4 Å². The Morgan fingerprint density at radius 2 is 2.18 bits per heavy atom. The first-order valence-electron chi connectivity index (χ1n) is 9.51. The fraction of sp³-hybridized carbons (Fsp3) is 0.333. The van der Waals surface area contributed by atoms with Crippen molar-refractivity contribution in [3.8, 4) is 5.75 Å². The highest BCUT2D eigenvalue weighted by Gasteiger charge is 2.21. The maximum atomic E-state index is 12.4. The first kappa shape index (κ1) is 18.6. The topological polar surface area (TPSA) is 74.4 Å². The number of fused-ring (bicyclic) bond motifs is 2. The standard InChI is InChI=1S/C21H23N3O3S/c1-2-27-16-4-3-14-11-18(23-17(14)12-16)21(26)22-8-5-20(25)24-9-6-19-15(13-24)7-10-28-19/h3-4,7,10-12,23H,2,5-6,8-9,13H2,1H3,(H,22,26). The van der Waals surface area contributed by atoms with Gasteiger partial charge in [0, 0.05) is 47.9 Å². The van der Waals surface area contributed by atoms with Gasteiger partial charge in [-0.05, 0) is 48.6 Å². The molecule has 0 atom stereocenters. The van der Waals surface area contributed by atoms with Crippen molar-refractivity contribution in [3.63, 3.8) is 0 Å². The molecule has 3 heterocycles. The molecule has 1 aliphatic heterocycles. The summed E-state index contributed by atoms with van der Waals surface area (Å²) < 4.78 is 5.49. The van der Waals surface area contributed by atoms with Crippen molar-refractivity contribution >= 4 is 34.1 Å². The second-order valence-electron chi connectivity index (χ2n) is 6.81. The number of rotatable bonds is 6. The molecule has 28 heavy (non-hydrogen) atoms. The van der Waals surface area contributed by atoms with Gasteiger partial charge in [-0.25, -0.2) is 0 Å². The van der Waals surface area contributed by atoms with Crippen molar-refractivity contribution in [2.75, 3.05) is 19.7 Å². The van der Waals surface area contributed by atoms with E-state index in [1.165, 1.54) is 10.4 Å². The summed E-state index contributed by atoms with van der Waals surface area (Å²) >= 11 is 1.76. The van der Waals surface area contributed by atoms with Crippen LogP contribution in [0.15, 0.2) is 35.7 Å². The van der Waals surface area contributed by atoms with Crippen LogP contribution in [-0.4, -0.2) is 41.4 Å². The molecule has 2 N–H and O–H groups in total. The molecule has 0 bridgehead atoms. The Labute approximate surface area is 167 Å². The van der Waals surface area contributed by atoms with Crippen molar-refractivity contribution in [2.45, 2.75) is 26.3 Å². The summed E-state index contributed by atoms with van der Waals surface area (Å²) in [7, 11) is 0. The summed E-state index contributed by atoms with van der Waals surface area (Å²) in [6.07, 6.45) is 1.23. The molecule has 0 radical (unpaired) electrons. The quantitative estimate of drug-likeness (QED) is 0.670. The first-order chi connectivity index (χ1) is 13.6. The van der Waals surface area contributed by atoms with E-state index < -0.39 is 0 Å². The van der Waals surface area contributed by atoms with Gasteiger partial charge in [0.25, 0.3) is 5.91 Å². The molecule has 2 aromatic heterocycles. The molecule has 0 fully saturated rings. The molecule has 0 aliphatic carbocycles. The number of amides is 2. The van der Waals surface area contributed by atoms with E-state index in [1.807, 2.05) is 36.1 Å². The maximum absolute atomic E-state index is 12.4. The number of carbonyl (C=O) groups is 2. The molecule has 146 valence electrons. The zero-order chi connectivity index (χ0) is 19.5. The lowest BCUT2D eigenvalue weighted by atomic mass is 10.1. The van der Waals surface area contributed by atoms with Crippen LogP contribution in [0.4, 0.5) is 0 Å². The van der Waals surface area contributed by atoms with Crippen LogP contribution in [0.2, 0.25) is 0 Å². The molecule has 0 saturated carbocycles. The number of thiophene rings is 1. The fourth-order valence-electron chi connectivity index (χ4n) is 3.48. The van der Waals surface area contributed by atoms with Gasteiger partial charge in [0.2, 0.25) is 5.91 Å². The number of aromatic amines is 1. The monoisotopic (exact) mass is 397 g/mol. The molecule has 0 unspecified atom stereocenters. The normalized spacial score (nSPS) is 13.4. The average molecular weight is 398 g/mol. The predicted molar refractivity (Wildman–Crippen MR) is 110 cm³/mol. The lowest BCUT2D eigenvalue weighted by molar-refractivity contribution is -0.131. The van der Waals surface area contributed by atoms with Crippen LogP contribution in [0.3, 0.4) is 0 Å². The van der Waals surface area contributed by atoms with Crippen LogP contribution < -0.4 is 10.1 Å². The van der Waals surface area contributed by atoms with Crippen LogP contribution in [-0.2, 0) is 17.8 Å². The summed E-state index contributed by atoms with van der Waals surface area (Å²) in [5, 5.41) is 5.87. The average Bonchev–Trinajstić information content (AvgIpc) is 3.33. The van der Waals surface area contributed by atoms with E-state index in [-0.39, 0.29) is 11.8 Å². The highest BCUT2D eigenvalue weighted by Crippen LogP contribution is 2.24. The third-order valence-corrected chi connectivity index (χ3v) is 5.96. The minimum atomic E-state index is -0.208. The maximum Gasteiger partial charge on any atom is 0.267 e. The number of aromatic nitrogens is 1. The number of nitrogens with one attached hydrogen (secondary N) is 2. The number of nitrogens with zero attached hydrogens (tertiary/aromatic N) is 1. The zero-order valence-corrected chi connectivity index (χ0v) is 16.6. The van der Waals surface area contributed by atoms with Crippen molar-refractivity contribution in [1.82, 2.24) is 15.2 Å². The van der Waals surface area contributed by atoms with Gasteiger partial charge in [-0.2, -0.15) is 0 Å². The van der Waals surface area contributed by atoms with E-state index >= 15 is 0 Å². The van der Waals surface area contributed by atoms with Gasteiger partial charge >= 0.3 is 0 Å². The number of carbonyl (C=O) groups excluding carboxylic acids is 2. The number of hydrogen-bond donors (Lipinski definition) is 2. The van der Waals surface area contributed by atoms with Crippen molar-refractivity contribution in [3.05, 3.63) is 51.8 Å². The van der Waals surface area contributed by atoms with Gasteiger partial charge in [-0.3, -0.25) is 9.59 Å². The van der Waals surface area contributed by atoms with Crippen molar-refractivity contribution in [1.29, 1.82) is 0 Å². The summed E-state index contributed by atoms with van der Waals surface area (Å²) in [6, 6.07) is 9.59. The number of hydrogen-bond acceptors (Lipinski definition) is 4. The van der Waals surface area contributed by atoms with E-state index in [0.29, 0.717) is 31.8 Å². The third-order valence-electron chi connectivity index (χ3n) is 4.93. The van der Waals surface area contributed by atoms with E-state index in [2.05, 4.69) is 21.7 Å². The Kier molecular flexibility index (Phi) is 5.34. The molecule has 1 aromatic carbocycles. The zero-order valence-electron chi connectivity index (χ0n) is 15.8. The smallest absolute Gasteiger partial charge is 0.267 e. The van der Waals surface area contributed by atoms with E-state index in [1.54, 1.807) is 11.3 Å². The number of ether oxygens (including phenoxy) is 1. The van der Waals surface area contributed by atoms with Crippen LogP contribution in [0.1, 0.15) is 34.3 Å². The predicted octanol–water partition coefficient (Wildman–Crippen LogP) is 3.33. The lowest BCUT2D eigenvalue weighted by Gasteiger charge is -2.27. The third kappa shape index (κ3) is 3.89. The second kappa shape index (κ2) is 8.06. The summed E-state index contributed by atoms with van der Waals surface area (Å²) in [4.78, 5) is 31.2. The fourth-order valence-corrected chi connectivity index (χ4v) is 4.37. The second-order valence-corrected chi connectivity index (χ2v) is 7.81. The van der Waals surface area contributed by atoms with Crippen LogP contribution >= 0.6 is 11.3 Å². The van der Waals surface area contributed by atoms with Crippen LogP contribution in [0, 0.1) is 0 Å². The summed E-state index contributed by atoms with van der Waals surface area (Å²) in [5.41, 5.74) is 2.59. The van der Waals surface area contributed by atoms with Gasteiger partial charge in [0.15, 0.2) is 0 Å². The Balaban J connectivity index is 1.31. The number of benzene rings is 1.